The van der Waals surface area contributed by atoms with E-state index >= 15 is 0 Å². The average Bonchev–Trinajstić information content (AvgIpc) is 3.64. The van der Waals surface area contributed by atoms with Gasteiger partial charge in [-0.25, -0.2) is 4.68 Å². The number of aromatic amines is 1. The Morgan fingerprint density at radius 2 is 1.69 bits per heavy atom. The highest BCUT2D eigenvalue weighted by Gasteiger charge is 2.33. The first kappa shape index (κ1) is 25.5. The number of tetrazole rings is 1. The molecule has 1 fully saturated rings. The van der Waals surface area contributed by atoms with E-state index in [2.05, 4.69) is 50.5 Å². The van der Waals surface area contributed by atoms with E-state index in [-0.39, 0.29) is 11.6 Å². The van der Waals surface area contributed by atoms with Crippen molar-refractivity contribution in [2.45, 2.75) is 57.8 Å². The summed E-state index contributed by atoms with van der Waals surface area (Å²) in [5.41, 5.74) is 4.68. The van der Waals surface area contributed by atoms with Crippen molar-refractivity contribution in [3.63, 3.8) is 0 Å². The van der Waals surface area contributed by atoms with Crippen molar-refractivity contribution in [1.82, 2.24) is 30.1 Å². The van der Waals surface area contributed by atoms with Gasteiger partial charge in [0.2, 0.25) is 0 Å². The molecule has 6 rings (SSSR count). The number of nitrogens with one attached hydrogen (secondary N) is 1. The van der Waals surface area contributed by atoms with Gasteiger partial charge in [0.1, 0.15) is 6.04 Å². The zero-order valence-electron chi connectivity index (χ0n) is 21.9. The topological polar surface area (TPSA) is 79.7 Å². The predicted octanol–water partition coefficient (Wildman–Crippen LogP) is 6.38. The maximum absolute atomic E-state index is 13.8. The van der Waals surface area contributed by atoms with Crippen molar-refractivity contribution in [3.05, 3.63) is 122 Å². The molecule has 1 atom stereocenters. The molecule has 1 aliphatic carbocycles. The van der Waals surface area contributed by atoms with Crippen LogP contribution in [-0.4, -0.2) is 30.1 Å². The zero-order valence-corrected chi connectivity index (χ0v) is 22.7. The van der Waals surface area contributed by atoms with Crippen LogP contribution in [-0.2, 0) is 13.1 Å². The summed E-state index contributed by atoms with van der Waals surface area (Å²) < 4.78 is 1.97. The molecule has 1 aliphatic rings. The van der Waals surface area contributed by atoms with E-state index in [0.717, 1.165) is 53.3 Å². The molecular formula is C31H31ClN6O. The molecule has 0 amide bonds. The van der Waals surface area contributed by atoms with Gasteiger partial charge in [0.05, 0.1) is 6.04 Å². The minimum atomic E-state index is -0.467. The van der Waals surface area contributed by atoms with Crippen LogP contribution in [0.1, 0.15) is 65.8 Å². The molecule has 2 aromatic heterocycles. The number of fused-ring (bicyclic) bond motifs is 1. The second-order valence-electron chi connectivity index (χ2n) is 10.5. The Labute approximate surface area is 232 Å². The zero-order chi connectivity index (χ0) is 26.8. The van der Waals surface area contributed by atoms with Gasteiger partial charge in [-0.2, -0.15) is 0 Å². The van der Waals surface area contributed by atoms with E-state index in [1.165, 1.54) is 0 Å². The molecule has 198 valence electrons. The third-order valence-electron chi connectivity index (χ3n) is 7.65. The SMILES string of the molecule is Cc1ccc2[nH]c(=O)c([C@@H](c3nnnn3C3CCCC3)N(Cc3ccccc3)Cc3ccc(Cl)cc3)cc2c1. The van der Waals surface area contributed by atoms with E-state index < -0.39 is 6.04 Å². The first-order chi connectivity index (χ1) is 19.0. The number of benzene rings is 3. The van der Waals surface area contributed by atoms with Gasteiger partial charge in [-0.05, 0) is 77.0 Å². The van der Waals surface area contributed by atoms with Crippen molar-refractivity contribution in [1.29, 1.82) is 0 Å². The van der Waals surface area contributed by atoms with Gasteiger partial charge < -0.3 is 4.98 Å². The van der Waals surface area contributed by atoms with Crippen molar-refractivity contribution in [3.8, 4) is 0 Å². The first-order valence-electron chi connectivity index (χ1n) is 13.5. The second-order valence-corrected chi connectivity index (χ2v) is 10.9. The molecule has 0 aliphatic heterocycles. The van der Waals surface area contributed by atoms with Crippen LogP contribution < -0.4 is 5.56 Å². The van der Waals surface area contributed by atoms with Gasteiger partial charge in [-0.1, -0.05) is 78.5 Å². The normalized spacial score (nSPS) is 14.8. The molecule has 1 N–H and O–H groups in total. The molecule has 5 aromatic rings. The Balaban J connectivity index is 1.53. The molecule has 0 bridgehead atoms. The average molecular weight is 539 g/mol. The van der Waals surface area contributed by atoms with Crippen LogP contribution in [0.25, 0.3) is 10.9 Å². The lowest BCUT2D eigenvalue weighted by atomic mass is 10.0. The van der Waals surface area contributed by atoms with E-state index in [0.29, 0.717) is 29.5 Å². The second kappa shape index (κ2) is 11.1. The summed E-state index contributed by atoms with van der Waals surface area (Å²) in [5, 5.41) is 14.9. The molecule has 0 radical (unpaired) electrons. The van der Waals surface area contributed by atoms with Gasteiger partial charge in [0.15, 0.2) is 5.82 Å². The maximum atomic E-state index is 13.8. The van der Waals surface area contributed by atoms with Gasteiger partial charge in [-0.15, -0.1) is 5.10 Å². The van der Waals surface area contributed by atoms with Crippen LogP contribution in [0.2, 0.25) is 5.02 Å². The van der Waals surface area contributed by atoms with E-state index in [9.17, 15) is 4.79 Å². The summed E-state index contributed by atoms with van der Waals surface area (Å²) in [7, 11) is 0. The van der Waals surface area contributed by atoms with Crippen LogP contribution >= 0.6 is 11.6 Å². The lowest BCUT2D eigenvalue weighted by molar-refractivity contribution is 0.190. The quantitative estimate of drug-likeness (QED) is 0.248. The van der Waals surface area contributed by atoms with Gasteiger partial charge in [0, 0.05) is 29.2 Å². The number of aryl methyl sites for hydroxylation is 1. The number of pyridine rings is 1. The number of aromatic nitrogens is 5. The molecule has 8 heteroatoms. The molecule has 2 heterocycles. The van der Waals surface area contributed by atoms with E-state index in [1.54, 1.807) is 0 Å². The summed E-state index contributed by atoms with van der Waals surface area (Å²) in [6.45, 7) is 3.25. The van der Waals surface area contributed by atoms with Crippen LogP contribution in [0.15, 0.2) is 83.7 Å². The van der Waals surface area contributed by atoms with Crippen LogP contribution in [0.5, 0.6) is 0 Å². The Morgan fingerprint density at radius 1 is 0.974 bits per heavy atom. The van der Waals surface area contributed by atoms with Gasteiger partial charge in [-0.3, -0.25) is 9.69 Å². The summed E-state index contributed by atoms with van der Waals surface area (Å²) >= 11 is 6.21. The van der Waals surface area contributed by atoms with E-state index in [1.807, 2.05) is 65.3 Å². The molecule has 7 nitrogen and oxygen atoms in total. The fraction of sp³-hybridized carbons (Fsp3) is 0.290. The highest BCUT2D eigenvalue weighted by molar-refractivity contribution is 6.30. The van der Waals surface area contributed by atoms with Gasteiger partial charge >= 0.3 is 0 Å². The highest BCUT2D eigenvalue weighted by Crippen LogP contribution is 2.35. The lowest BCUT2D eigenvalue weighted by Gasteiger charge is -2.32. The molecule has 39 heavy (non-hydrogen) atoms. The number of halogens is 1. The Hall–Kier alpha value is -3.81. The summed E-state index contributed by atoms with van der Waals surface area (Å²) in [5.74, 6) is 0.698. The summed E-state index contributed by atoms with van der Waals surface area (Å²) in [6.07, 6.45) is 4.38. The maximum Gasteiger partial charge on any atom is 0.253 e. The third kappa shape index (κ3) is 5.51. The molecule has 1 saturated carbocycles. The van der Waals surface area contributed by atoms with Gasteiger partial charge in [0.25, 0.3) is 5.56 Å². The Morgan fingerprint density at radius 3 is 2.44 bits per heavy atom. The lowest BCUT2D eigenvalue weighted by Crippen LogP contribution is -2.35. The highest BCUT2D eigenvalue weighted by atomic mass is 35.5. The molecule has 0 unspecified atom stereocenters. The molecular weight excluding hydrogens is 508 g/mol. The summed E-state index contributed by atoms with van der Waals surface area (Å²) in [4.78, 5) is 19.2. The first-order valence-corrected chi connectivity index (χ1v) is 13.9. The van der Waals surface area contributed by atoms with Crippen LogP contribution in [0.3, 0.4) is 0 Å². The van der Waals surface area contributed by atoms with Crippen LogP contribution in [0, 0.1) is 6.92 Å². The number of nitrogens with zero attached hydrogens (tertiary/aromatic N) is 5. The van der Waals surface area contributed by atoms with Crippen LogP contribution in [0.4, 0.5) is 0 Å². The number of hydrogen-bond acceptors (Lipinski definition) is 5. The predicted molar refractivity (Wildman–Crippen MR) is 154 cm³/mol. The minimum Gasteiger partial charge on any atom is -0.322 e. The van der Waals surface area contributed by atoms with Crippen molar-refractivity contribution < 1.29 is 0 Å². The summed E-state index contributed by atoms with van der Waals surface area (Å²) in [6, 6.07) is 26.0. The largest absolute Gasteiger partial charge is 0.322 e. The Bertz CT molecular complexity index is 1620. The standard InChI is InChI=1S/C31H31ClN6O/c1-21-11-16-28-24(17-21)18-27(31(39)33-28)29(30-34-35-36-38(30)26-9-5-6-10-26)37(19-22-7-3-2-4-8-22)20-23-12-14-25(32)15-13-23/h2-4,7-8,11-18,26,29H,5-6,9-10,19-20H2,1H3,(H,33,39)/t29-/m0/s1. The molecule has 0 spiro atoms. The third-order valence-corrected chi connectivity index (χ3v) is 7.90. The number of rotatable bonds is 8. The fourth-order valence-corrected chi connectivity index (χ4v) is 5.84. The van der Waals surface area contributed by atoms with E-state index in [4.69, 9.17) is 11.6 Å². The number of H-pyrrole nitrogens is 1. The Kier molecular flexibility index (Phi) is 7.26. The number of hydrogen-bond donors (Lipinski definition) is 1. The van der Waals surface area contributed by atoms with Crippen molar-refractivity contribution in [2.24, 2.45) is 0 Å². The molecule has 0 saturated heterocycles. The van der Waals surface area contributed by atoms with Crippen molar-refractivity contribution >= 4 is 22.5 Å². The van der Waals surface area contributed by atoms with Crippen molar-refractivity contribution in [2.75, 3.05) is 0 Å². The smallest absolute Gasteiger partial charge is 0.253 e. The molecule has 3 aromatic carbocycles. The minimum absolute atomic E-state index is 0.133. The monoisotopic (exact) mass is 538 g/mol. The fourth-order valence-electron chi connectivity index (χ4n) is 5.72.